The molecule has 222 valence electrons. The van der Waals surface area contributed by atoms with E-state index >= 15 is 0 Å². The fourth-order valence-electron chi connectivity index (χ4n) is 5.46. The topological polar surface area (TPSA) is 113 Å². The lowest BCUT2D eigenvalue weighted by Gasteiger charge is -2.28. The number of benzene rings is 4. The standard InChI is InChI=1S/C34H29N3O6S/c1-23(38)25-11-6-13-29(18-25)37-21-28-10-4-5-15-31(28)33(37)35-32(39)22-43-34(40)26-12-7-14-30(19-26)44(41,42)36-17-16-24-8-2-3-9-27(24)20-36/h2-15,18-19H,16-17,20-22H2,1H3. The molecule has 0 aromatic heterocycles. The van der Waals surface area contributed by atoms with E-state index in [-0.39, 0.29) is 22.8 Å². The minimum Gasteiger partial charge on any atom is -0.452 e. The van der Waals surface area contributed by atoms with Crippen molar-refractivity contribution in [3.63, 3.8) is 0 Å². The predicted molar refractivity (Wildman–Crippen MR) is 165 cm³/mol. The van der Waals surface area contributed by atoms with Gasteiger partial charge in [0, 0.05) is 29.9 Å². The number of anilines is 1. The van der Waals surface area contributed by atoms with Crippen molar-refractivity contribution in [2.24, 2.45) is 4.99 Å². The van der Waals surface area contributed by atoms with Gasteiger partial charge < -0.3 is 9.64 Å². The number of amidine groups is 1. The quantitative estimate of drug-likeness (QED) is 0.219. The third-order valence-electron chi connectivity index (χ3n) is 7.77. The zero-order valence-electron chi connectivity index (χ0n) is 24.0. The van der Waals surface area contributed by atoms with Crippen LogP contribution in [0.3, 0.4) is 0 Å². The summed E-state index contributed by atoms with van der Waals surface area (Å²) in [6.07, 6.45) is 0.603. The number of Topliss-reactive ketones (excluding diaryl/α,β-unsaturated/α-hetero) is 1. The van der Waals surface area contributed by atoms with E-state index in [1.807, 2.05) is 59.5 Å². The molecule has 0 fully saturated rings. The number of sulfonamides is 1. The van der Waals surface area contributed by atoms with Gasteiger partial charge in [0.05, 0.1) is 17.0 Å². The molecule has 4 aromatic carbocycles. The van der Waals surface area contributed by atoms with Crippen molar-refractivity contribution in [2.75, 3.05) is 18.1 Å². The van der Waals surface area contributed by atoms with Crippen LogP contribution in [0.2, 0.25) is 0 Å². The van der Waals surface area contributed by atoms with E-state index < -0.39 is 28.5 Å². The summed E-state index contributed by atoms with van der Waals surface area (Å²) >= 11 is 0. The Hall–Kier alpha value is -4.93. The Morgan fingerprint density at radius 2 is 1.50 bits per heavy atom. The van der Waals surface area contributed by atoms with Crippen molar-refractivity contribution in [1.82, 2.24) is 4.31 Å². The molecule has 0 N–H and O–H groups in total. The second-order valence-corrected chi connectivity index (χ2v) is 12.6. The van der Waals surface area contributed by atoms with Crippen molar-refractivity contribution < 1.29 is 27.5 Å². The molecule has 0 saturated carbocycles. The monoisotopic (exact) mass is 607 g/mol. The van der Waals surface area contributed by atoms with Crippen LogP contribution in [0.4, 0.5) is 5.69 Å². The fraction of sp³-hybridized carbons (Fsp3) is 0.176. The molecule has 0 saturated heterocycles. The average Bonchev–Trinajstić information content (AvgIpc) is 3.41. The van der Waals surface area contributed by atoms with Gasteiger partial charge in [-0.15, -0.1) is 0 Å². The Balaban J connectivity index is 1.17. The van der Waals surface area contributed by atoms with Crippen LogP contribution in [0.25, 0.3) is 0 Å². The molecule has 0 radical (unpaired) electrons. The minimum absolute atomic E-state index is 0.0119. The smallest absolute Gasteiger partial charge is 0.338 e. The number of aliphatic imine (C=N–C) groups is 1. The Morgan fingerprint density at radius 1 is 0.795 bits per heavy atom. The predicted octanol–water partition coefficient (Wildman–Crippen LogP) is 4.79. The number of ether oxygens (including phenoxy) is 1. The summed E-state index contributed by atoms with van der Waals surface area (Å²) in [4.78, 5) is 44.0. The number of carbonyl (C=O) groups is 3. The first-order valence-corrected chi connectivity index (χ1v) is 15.6. The highest BCUT2D eigenvalue weighted by Crippen LogP contribution is 2.30. The van der Waals surface area contributed by atoms with Gasteiger partial charge in [-0.1, -0.05) is 66.7 Å². The van der Waals surface area contributed by atoms with E-state index in [0.29, 0.717) is 36.6 Å². The van der Waals surface area contributed by atoms with E-state index in [1.165, 1.54) is 35.5 Å². The van der Waals surface area contributed by atoms with E-state index in [9.17, 15) is 22.8 Å². The highest BCUT2D eigenvalue weighted by atomic mass is 32.2. The maximum atomic E-state index is 13.4. The number of carbonyl (C=O) groups excluding carboxylic acids is 3. The van der Waals surface area contributed by atoms with Gasteiger partial charge in [-0.05, 0) is 60.4 Å². The Bertz CT molecular complexity index is 1930. The first-order valence-electron chi connectivity index (χ1n) is 14.1. The molecule has 44 heavy (non-hydrogen) atoms. The van der Waals surface area contributed by atoms with Crippen molar-refractivity contribution >= 4 is 39.2 Å². The van der Waals surface area contributed by atoms with Crippen LogP contribution in [0, 0.1) is 0 Å². The van der Waals surface area contributed by atoms with Crippen molar-refractivity contribution in [3.8, 4) is 0 Å². The fourth-order valence-corrected chi connectivity index (χ4v) is 6.93. The van der Waals surface area contributed by atoms with Crippen LogP contribution < -0.4 is 4.90 Å². The third kappa shape index (κ3) is 5.82. The summed E-state index contributed by atoms with van der Waals surface area (Å²) in [5, 5.41) is 0. The maximum Gasteiger partial charge on any atom is 0.338 e. The molecular formula is C34H29N3O6S. The van der Waals surface area contributed by atoms with Crippen LogP contribution in [0.5, 0.6) is 0 Å². The van der Waals surface area contributed by atoms with Gasteiger partial charge >= 0.3 is 5.97 Å². The minimum atomic E-state index is -3.87. The molecule has 4 aromatic rings. The molecule has 6 rings (SSSR count). The summed E-state index contributed by atoms with van der Waals surface area (Å²) in [5.74, 6) is -1.22. The van der Waals surface area contributed by atoms with Gasteiger partial charge in [-0.2, -0.15) is 9.30 Å². The molecule has 2 heterocycles. The molecule has 0 atom stereocenters. The van der Waals surface area contributed by atoms with Gasteiger partial charge in [0.2, 0.25) is 10.0 Å². The molecule has 2 aliphatic heterocycles. The summed E-state index contributed by atoms with van der Waals surface area (Å²) in [5.41, 5.74) is 5.04. The first kappa shape index (κ1) is 29.2. The Kier molecular flexibility index (Phi) is 7.94. The number of esters is 1. The van der Waals surface area contributed by atoms with Gasteiger partial charge in [0.25, 0.3) is 5.91 Å². The molecule has 1 amide bonds. The molecule has 0 unspecified atom stereocenters. The van der Waals surface area contributed by atoms with Crippen molar-refractivity contribution in [2.45, 2.75) is 31.3 Å². The lowest BCUT2D eigenvalue weighted by Crippen LogP contribution is -2.36. The number of nitrogens with zero attached hydrogens (tertiary/aromatic N) is 3. The second kappa shape index (κ2) is 12.0. The van der Waals surface area contributed by atoms with Gasteiger partial charge in [0.1, 0.15) is 5.84 Å². The SMILES string of the molecule is CC(=O)c1cccc(N2Cc3ccccc3C2=NC(=O)COC(=O)c2cccc(S(=O)(=O)N3CCc4ccccc4C3)c2)c1. The number of hydrogen-bond donors (Lipinski definition) is 0. The van der Waals surface area contributed by atoms with Crippen LogP contribution in [-0.4, -0.2) is 49.4 Å². The summed E-state index contributed by atoms with van der Waals surface area (Å²) in [7, 11) is -3.87. The average molecular weight is 608 g/mol. The zero-order chi connectivity index (χ0) is 30.8. The van der Waals surface area contributed by atoms with E-state index in [0.717, 1.165) is 22.3 Å². The summed E-state index contributed by atoms with van der Waals surface area (Å²) < 4.78 is 33.5. The Morgan fingerprint density at radius 3 is 2.30 bits per heavy atom. The van der Waals surface area contributed by atoms with Crippen LogP contribution in [0.1, 0.15) is 49.9 Å². The molecule has 2 aliphatic rings. The zero-order valence-corrected chi connectivity index (χ0v) is 24.8. The molecule has 0 aliphatic carbocycles. The normalized spacial score (nSPS) is 15.5. The maximum absolute atomic E-state index is 13.4. The number of ketones is 1. The number of amides is 1. The van der Waals surface area contributed by atoms with Crippen LogP contribution in [0.15, 0.2) is 107 Å². The molecular weight excluding hydrogens is 578 g/mol. The van der Waals surface area contributed by atoms with Crippen molar-refractivity contribution in [3.05, 3.63) is 130 Å². The molecule has 0 bridgehead atoms. The van der Waals surface area contributed by atoms with Gasteiger partial charge in [0.15, 0.2) is 12.4 Å². The highest BCUT2D eigenvalue weighted by molar-refractivity contribution is 7.89. The van der Waals surface area contributed by atoms with E-state index in [1.54, 1.807) is 18.2 Å². The van der Waals surface area contributed by atoms with Gasteiger partial charge in [-0.3, -0.25) is 9.59 Å². The summed E-state index contributed by atoms with van der Waals surface area (Å²) in [6, 6.07) is 28.0. The number of rotatable bonds is 7. The lowest BCUT2D eigenvalue weighted by molar-refractivity contribution is -0.120. The van der Waals surface area contributed by atoms with Gasteiger partial charge in [-0.25, -0.2) is 13.2 Å². The summed E-state index contributed by atoms with van der Waals surface area (Å²) in [6.45, 7) is 1.89. The number of hydrogen-bond acceptors (Lipinski definition) is 6. The molecule has 10 heteroatoms. The van der Waals surface area contributed by atoms with Crippen LogP contribution in [-0.2, 0) is 39.1 Å². The third-order valence-corrected chi connectivity index (χ3v) is 9.61. The van der Waals surface area contributed by atoms with Crippen LogP contribution >= 0.6 is 0 Å². The molecule has 9 nitrogen and oxygen atoms in total. The number of fused-ring (bicyclic) bond motifs is 2. The Labute approximate surface area is 255 Å². The first-order chi connectivity index (χ1) is 21.2. The second-order valence-electron chi connectivity index (χ2n) is 10.6. The largest absolute Gasteiger partial charge is 0.452 e. The lowest BCUT2D eigenvalue weighted by atomic mass is 10.0. The van der Waals surface area contributed by atoms with E-state index in [2.05, 4.69) is 4.99 Å². The van der Waals surface area contributed by atoms with Crippen molar-refractivity contribution in [1.29, 1.82) is 0 Å². The van der Waals surface area contributed by atoms with E-state index in [4.69, 9.17) is 4.74 Å². The highest BCUT2D eigenvalue weighted by Gasteiger charge is 2.30. The molecule has 0 spiro atoms.